The lowest BCUT2D eigenvalue weighted by Crippen LogP contribution is -2.37. The molecule has 222 valence electrons. The van der Waals surface area contributed by atoms with E-state index in [2.05, 4.69) is 5.32 Å². The van der Waals surface area contributed by atoms with E-state index in [4.69, 9.17) is 4.74 Å². The summed E-state index contributed by atoms with van der Waals surface area (Å²) in [6, 6.07) is 30.0. The normalized spacial score (nSPS) is 11.5. The number of benzene rings is 4. The molecule has 7 nitrogen and oxygen atoms in total. The van der Waals surface area contributed by atoms with Gasteiger partial charge >= 0.3 is 5.97 Å². The maximum Gasteiger partial charge on any atom is 0.326 e. The van der Waals surface area contributed by atoms with E-state index in [0.717, 1.165) is 16.1 Å². The summed E-state index contributed by atoms with van der Waals surface area (Å²) in [5.74, 6) is -0.714. The number of para-hydroxylation sites is 1. The topological polar surface area (TPSA) is 95.9 Å². The van der Waals surface area contributed by atoms with Gasteiger partial charge in [-0.15, -0.1) is 11.8 Å². The number of amides is 1. The molecule has 4 aromatic carbocycles. The molecule has 1 amide bonds. The van der Waals surface area contributed by atoms with Crippen LogP contribution in [-0.2, 0) is 16.0 Å². The molecular formula is C35H36N2O5S. The summed E-state index contributed by atoms with van der Waals surface area (Å²) in [5.41, 5.74) is 3.03. The van der Waals surface area contributed by atoms with Crippen LogP contribution in [-0.4, -0.2) is 48.2 Å². The molecule has 0 aliphatic carbocycles. The van der Waals surface area contributed by atoms with E-state index in [1.165, 1.54) is 0 Å². The number of carboxylic acids is 1. The summed E-state index contributed by atoms with van der Waals surface area (Å²) >= 11 is 1.65. The van der Waals surface area contributed by atoms with Crippen LogP contribution >= 0.6 is 11.8 Å². The number of nitrogens with one attached hydrogen (secondary N) is 1. The Bertz CT molecular complexity index is 1520. The minimum atomic E-state index is -1.03. The number of carbonyl (C=O) groups excluding carboxylic acids is 2. The zero-order valence-corrected chi connectivity index (χ0v) is 25.3. The van der Waals surface area contributed by atoms with Crippen molar-refractivity contribution < 1.29 is 24.2 Å². The first-order valence-electron chi connectivity index (χ1n) is 14.1. The fourth-order valence-electron chi connectivity index (χ4n) is 4.59. The number of anilines is 2. The molecule has 0 heterocycles. The number of carbonyl (C=O) groups is 3. The van der Waals surface area contributed by atoms with Gasteiger partial charge in [-0.25, -0.2) is 4.79 Å². The highest BCUT2D eigenvalue weighted by atomic mass is 32.2. The summed E-state index contributed by atoms with van der Waals surface area (Å²) in [6.07, 6.45) is 2.21. The highest BCUT2D eigenvalue weighted by molar-refractivity contribution is 7.98. The smallest absolute Gasteiger partial charge is 0.326 e. The third kappa shape index (κ3) is 8.49. The standard InChI is InChI=1S/C35H36N2O5S/c1-24(2)34(39)37(27-15-19-29(43-3)20-16-27)21-22-42-28-17-13-25(14-18-28)23-32(35(40)41)36-31-12-8-7-11-30(31)33(38)26-9-5-4-6-10-26/h4-20,24,32,36H,21-23H2,1-3H3,(H,40,41)/t32-/m0/s1. The van der Waals surface area contributed by atoms with Crippen LogP contribution in [0.2, 0.25) is 0 Å². The van der Waals surface area contributed by atoms with Gasteiger partial charge in [-0.05, 0) is 60.4 Å². The van der Waals surface area contributed by atoms with Gasteiger partial charge in [-0.3, -0.25) is 9.59 Å². The Morgan fingerprint density at radius 1 is 0.860 bits per heavy atom. The Hall–Kier alpha value is -4.56. The quantitative estimate of drug-likeness (QED) is 0.122. The fourth-order valence-corrected chi connectivity index (χ4v) is 5.00. The van der Waals surface area contributed by atoms with Gasteiger partial charge in [0.1, 0.15) is 18.4 Å². The largest absolute Gasteiger partial charge is 0.492 e. The lowest BCUT2D eigenvalue weighted by atomic mass is 10.00. The van der Waals surface area contributed by atoms with Crippen molar-refractivity contribution in [2.45, 2.75) is 31.2 Å². The lowest BCUT2D eigenvalue weighted by Gasteiger charge is -2.25. The van der Waals surface area contributed by atoms with Crippen molar-refractivity contribution in [3.8, 4) is 5.75 Å². The third-order valence-electron chi connectivity index (χ3n) is 6.93. The van der Waals surface area contributed by atoms with Crippen LogP contribution < -0.4 is 15.0 Å². The number of ether oxygens (including phenoxy) is 1. The molecule has 0 saturated heterocycles. The minimum Gasteiger partial charge on any atom is -0.492 e. The molecule has 0 aliphatic rings. The average Bonchev–Trinajstić information content (AvgIpc) is 3.03. The van der Waals surface area contributed by atoms with Crippen LogP contribution in [0.15, 0.2) is 108 Å². The van der Waals surface area contributed by atoms with Crippen molar-refractivity contribution >= 4 is 40.8 Å². The number of hydrogen-bond donors (Lipinski definition) is 2. The van der Waals surface area contributed by atoms with Crippen LogP contribution in [0.4, 0.5) is 11.4 Å². The van der Waals surface area contributed by atoms with Gasteiger partial charge < -0.3 is 20.1 Å². The first-order chi connectivity index (χ1) is 20.8. The Labute approximate surface area is 256 Å². The Balaban J connectivity index is 1.39. The second-order valence-electron chi connectivity index (χ2n) is 10.3. The molecule has 0 aliphatic heterocycles. The lowest BCUT2D eigenvalue weighted by molar-refractivity contribution is -0.137. The fraction of sp³-hybridized carbons (Fsp3) is 0.229. The van der Waals surface area contributed by atoms with Crippen LogP contribution in [0.5, 0.6) is 5.75 Å². The number of nitrogens with zero attached hydrogens (tertiary/aromatic N) is 1. The van der Waals surface area contributed by atoms with Gasteiger partial charge in [0.05, 0.1) is 6.54 Å². The summed E-state index contributed by atoms with van der Waals surface area (Å²) < 4.78 is 5.95. The van der Waals surface area contributed by atoms with Crippen molar-refractivity contribution in [2.24, 2.45) is 5.92 Å². The van der Waals surface area contributed by atoms with E-state index in [9.17, 15) is 19.5 Å². The summed E-state index contributed by atoms with van der Waals surface area (Å²) in [4.78, 5) is 41.0. The molecule has 0 spiro atoms. The van der Waals surface area contributed by atoms with Crippen LogP contribution in [0, 0.1) is 5.92 Å². The second kappa shape index (κ2) is 15.1. The number of carboxylic acid groups (broad SMARTS) is 1. The maximum atomic E-state index is 13.1. The predicted octanol–water partition coefficient (Wildman–Crippen LogP) is 6.82. The molecule has 0 unspecified atom stereocenters. The molecule has 1 atom stereocenters. The van der Waals surface area contributed by atoms with Gasteiger partial charge in [-0.1, -0.05) is 68.4 Å². The average molecular weight is 597 g/mol. The molecule has 8 heteroatoms. The molecule has 0 saturated carbocycles. The highest BCUT2D eigenvalue weighted by Crippen LogP contribution is 2.24. The Morgan fingerprint density at radius 2 is 1.51 bits per heavy atom. The van der Waals surface area contributed by atoms with Gasteiger partial charge in [0.2, 0.25) is 5.91 Å². The number of hydrogen-bond acceptors (Lipinski definition) is 6. The number of thioether (sulfide) groups is 1. The molecule has 43 heavy (non-hydrogen) atoms. The number of rotatable bonds is 14. The van der Waals surface area contributed by atoms with E-state index in [1.54, 1.807) is 77.3 Å². The third-order valence-corrected chi connectivity index (χ3v) is 7.67. The van der Waals surface area contributed by atoms with Gasteiger partial charge in [0.15, 0.2) is 5.78 Å². The zero-order chi connectivity index (χ0) is 30.8. The van der Waals surface area contributed by atoms with Gasteiger partial charge in [-0.2, -0.15) is 0 Å². The van der Waals surface area contributed by atoms with Crippen molar-refractivity contribution in [1.82, 2.24) is 0 Å². The van der Waals surface area contributed by atoms with Gasteiger partial charge in [0.25, 0.3) is 0 Å². The Kier molecular flexibility index (Phi) is 11.0. The van der Waals surface area contributed by atoms with Crippen molar-refractivity contribution in [3.05, 3.63) is 120 Å². The van der Waals surface area contributed by atoms with E-state index in [-0.39, 0.29) is 24.0 Å². The number of ketones is 1. The van der Waals surface area contributed by atoms with Crippen LogP contribution in [0.1, 0.15) is 35.3 Å². The first-order valence-corrected chi connectivity index (χ1v) is 15.3. The highest BCUT2D eigenvalue weighted by Gasteiger charge is 2.22. The van der Waals surface area contributed by atoms with E-state index < -0.39 is 12.0 Å². The maximum absolute atomic E-state index is 13.1. The molecule has 0 radical (unpaired) electrons. The molecule has 2 N–H and O–H groups in total. The minimum absolute atomic E-state index is 0.0232. The molecule has 4 rings (SSSR count). The van der Waals surface area contributed by atoms with E-state index in [0.29, 0.717) is 35.7 Å². The molecule has 0 bridgehead atoms. The summed E-state index contributed by atoms with van der Waals surface area (Å²) in [5, 5.41) is 13.0. The summed E-state index contributed by atoms with van der Waals surface area (Å²) in [6.45, 7) is 4.45. The van der Waals surface area contributed by atoms with Crippen molar-refractivity contribution in [3.63, 3.8) is 0 Å². The van der Waals surface area contributed by atoms with Crippen molar-refractivity contribution in [2.75, 3.05) is 29.6 Å². The molecule has 0 aromatic heterocycles. The molecular weight excluding hydrogens is 560 g/mol. The first kappa shape index (κ1) is 31.4. The molecule has 4 aromatic rings. The van der Waals surface area contributed by atoms with E-state index in [1.807, 2.05) is 62.6 Å². The Morgan fingerprint density at radius 3 is 2.14 bits per heavy atom. The zero-order valence-electron chi connectivity index (χ0n) is 24.5. The molecule has 0 fully saturated rings. The predicted molar refractivity (Wildman–Crippen MR) is 172 cm³/mol. The van der Waals surface area contributed by atoms with E-state index >= 15 is 0 Å². The van der Waals surface area contributed by atoms with Gasteiger partial charge in [0, 0.05) is 39.7 Å². The van der Waals surface area contributed by atoms with Crippen LogP contribution in [0.25, 0.3) is 0 Å². The summed E-state index contributed by atoms with van der Waals surface area (Å²) in [7, 11) is 0. The number of aliphatic carboxylic acids is 1. The van der Waals surface area contributed by atoms with Crippen molar-refractivity contribution in [1.29, 1.82) is 0 Å². The second-order valence-corrected chi connectivity index (χ2v) is 11.2. The SMILES string of the molecule is CSc1ccc(N(CCOc2ccc(C[C@H](Nc3ccccc3C(=O)c3ccccc3)C(=O)O)cc2)C(=O)C(C)C)cc1. The monoisotopic (exact) mass is 596 g/mol. The van der Waals surface area contributed by atoms with Crippen LogP contribution in [0.3, 0.4) is 0 Å².